The number of halogens is 1. The zero-order valence-electron chi connectivity index (χ0n) is 9.57. The number of nitrogens with one attached hydrogen (secondary N) is 1. The Morgan fingerprint density at radius 2 is 2.00 bits per heavy atom. The first kappa shape index (κ1) is 12.3. The van der Waals surface area contributed by atoms with Gasteiger partial charge in [0.15, 0.2) is 0 Å². The van der Waals surface area contributed by atoms with Gasteiger partial charge in [-0.3, -0.25) is 5.43 Å². The van der Waals surface area contributed by atoms with Crippen molar-refractivity contribution in [2.24, 2.45) is 5.10 Å². The van der Waals surface area contributed by atoms with Crippen molar-refractivity contribution >= 4 is 38.6 Å². The molecule has 0 amide bonds. The van der Waals surface area contributed by atoms with E-state index >= 15 is 0 Å². The summed E-state index contributed by atoms with van der Waals surface area (Å²) in [6, 6.07) is 7.96. The lowest BCUT2D eigenvalue weighted by Gasteiger charge is -1.94. The molecule has 17 heavy (non-hydrogen) atoms. The van der Waals surface area contributed by atoms with Gasteiger partial charge in [0, 0.05) is 9.35 Å². The third-order valence-corrected chi connectivity index (χ3v) is 3.78. The van der Waals surface area contributed by atoms with Crippen LogP contribution in [0.5, 0.6) is 0 Å². The van der Waals surface area contributed by atoms with E-state index in [0.29, 0.717) is 0 Å². The van der Waals surface area contributed by atoms with Gasteiger partial charge < -0.3 is 0 Å². The quantitative estimate of drug-likeness (QED) is 0.688. The summed E-state index contributed by atoms with van der Waals surface area (Å²) in [6.07, 6.45) is 1.78. The van der Waals surface area contributed by atoms with Crippen molar-refractivity contribution in [2.45, 2.75) is 13.8 Å². The van der Waals surface area contributed by atoms with Crippen LogP contribution in [0.1, 0.15) is 16.1 Å². The summed E-state index contributed by atoms with van der Waals surface area (Å²) in [5.74, 6) is 0. The standard InChI is InChI=1S/C12H12BrN3S/c1-8-9(2)17-12(15-8)16-14-7-10-3-5-11(13)6-4-10/h3-7H,1-2H3,(H,15,16). The molecule has 0 fully saturated rings. The van der Waals surface area contributed by atoms with Gasteiger partial charge in [0.1, 0.15) is 0 Å². The molecular weight excluding hydrogens is 298 g/mol. The van der Waals surface area contributed by atoms with Gasteiger partial charge in [-0.1, -0.05) is 28.1 Å². The van der Waals surface area contributed by atoms with Crippen molar-refractivity contribution in [2.75, 3.05) is 5.43 Å². The van der Waals surface area contributed by atoms with E-state index in [1.165, 1.54) is 4.88 Å². The highest BCUT2D eigenvalue weighted by Gasteiger charge is 2.00. The normalized spacial score (nSPS) is 11.0. The molecule has 5 heteroatoms. The third-order valence-electron chi connectivity index (χ3n) is 2.27. The van der Waals surface area contributed by atoms with Gasteiger partial charge in [-0.15, -0.1) is 11.3 Å². The number of aryl methyl sites for hydroxylation is 2. The minimum Gasteiger partial charge on any atom is -0.253 e. The Hall–Kier alpha value is -1.20. The number of hydrazone groups is 1. The molecule has 88 valence electrons. The SMILES string of the molecule is Cc1nc(NN=Cc2ccc(Br)cc2)sc1C. The molecule has 0 saturated heterocycles. The van der Waals surface area contributed by atoms with E-state index in [-0.39, 0.29) is 0 Å². The van der Waals surface area contributed by atoms with Crippen LogP contribution in [0.2, 0.25) is 0 Å². The van der Waals surface area contributed by atoms with E-state index in [2.05, 4.69) is 38.4 Å². The number of aromatic nitrogens is 1. The second-order valence-electron chi connectivity index (χ2n) is 3.58. The van der Waals surface area contributed by atoms with Crippen molar-refractivity contribution in [1.82, 2.24) is 4.98 Å². The molecule has 0 atom stereocenters. The Morgan fingerprint density at radius 1 is 1.29 bits per heavy atom. The maximum Gasteiger partial charge on any atom is 0.203 e. The molecule has 1 aromatic carbocycles. The molecule has 3 nitrogen and oxygen atoms in total. The Morgan fingerprint density at radius 3 is 2.59 bits per heavy atom. The zero-order chi connectivity index (χ0) is 12.3. The summed E-state index contributed by atoms with van der Waals surface area (Å²) in [7, 11) is 0. The maximum atomic E-state index is 4.34. The van der Waals surface area contributed by atoms with Crippen LogP contribution < -0.4 is 5.43 Å². The second-order valence-corrected chi connectivity index (χ2v) is 5.70. The summed E-state index contributed by atoms with van der Waals surface area (Å²) in [4.78, 5) is 5.56. The van der Waals surface area contributed by atoms with E-state index < -0.39 is 0 Å². The Bertz CT molecular complexity index is 512. The number of rotatable bonds is 3. The van der Waals surface area contributed by atoms with Crippen LogP contribution in [0.15, 0.2) is 33.8 Å². The van der Waals surface area contributed by atoms with Gasteiger partial charge in [0.25, 0.3) is 0 Å². The minimum absolute atomic E-state index is 0.827. The second kappa shape index (κ2) is 5.42. The highest BCUT2D eigenvalue weighted by molar-refractivity contribution is 9.10. The number of benzene rings is 1. The van der Waals surface area contributed by atoms with Crippen molar-refractivity contribution in [1.29, 1.82) is 0 Å². The van der Waals surface area contributed by atoms with Crippen LogP contribution in [0.25, 0.3) is 0 Å². The largest absolute Gasteiger partial charge is 0.253 e. The van der Waals surface area contributed by atoms with E-state index in [0.717, 1.165) is 20.9 Å². The third kappa shape index (κ3) is 3.38. The summed E-state index contributed by atoms with van der Waals surface area (Å²) in [6.45, 7) is 4.05. The zero-order valence-corrected chi connectivity index (χ0v) is 12.0. The molecular formula is C12H12BrN3S. The molecule has 0 unspecified atom stereocenters. The Balaban J connectivity index is 2.00. The number of thiazole rings is 1. The molecule has 0 aliphatic carbocycles. The maximum absolute atomic E-state index is 4.34. The molecule has 1 aromatic heterocycles. The molecule has 0 saturated carbocycles. The molecule has 2 rings (SSSR count). The predicted octanol–water partition coefficient (Wildman–Crippen LogP) is 3.97. The molecule has 0 radical (unpaired) electrons. The van der Waals surface area contributed by atoms with Crippen LogP contribution in [-0.2, 0) is 0 Å². The van der Waals surface area contributed by atoms with Crippen LogP contribution >= 0.6 is 27.3 Å². The number of anilines is 1. The number of nitrogens with zero attached hydrogens (tertiary/aromatic N) is 2. The molecule has 0 bridgehead atoms. The van der Waals surface area contributed by atoms with Crippen LogP contribution in [0.3, 0.4) is 0 Å². The van der Waals surface area contributed by atoms with Crippen LogP contribution in [0, 0.1) is 13.8 Å². The average Bonchev–Trinajstić information content (AvgIpc) is 2.61. The first-order valence-electron chi connectivity index (χ1n) is 5.14. The van der Waals surface area contributed by atoms with E-state index in [1.54, 1.807) is 17.6 Å². The number of hydrogen-bond acceptors (Lipinski definition) is 4. The summed E-state index contributed by atoms with van der Waals surface area (Å²) >= 11 is 5.00. The average molecular weight is 310 g/mol. The lowest BCUT2D eigenvalue weighted by atomic mass is 10.2. The lowest BCUT2D eigenvalue weighted by molar-refractivity contribution is 1.20. The fourth-order valence-electron chi connectivity index (χ4n) is 1.23. The van der Waals surface area contributed by atoms with Crippen molar-refractivity contribution in [3.8, 4) is 0 Å². The van der Waals surface area contributed by atoms with Gasteiger partial charge in [0.05, 0.1) is 11.9 Å². The van der Waals surface area contributed by atoms with E-state index in [4.69, 9.17) is 0 Å². The first-order valence-corrected chi connectivity index (χ1v) is 6.75. The molecule has 1 heterocycles. The van der Waals surface area contributed by atoms with Crippen molar-refractivity contribution in [3.63, 3.8) is 0 Å². The minimum atomic E-state index is 0.827. The van der Waals surface area contributed by atoms with Gasteiger partial charge in [-0.25, -0.2) is 4.98 Å². The fourth-order valence-corrected chi connectivity index (χ4v) is 2.26. The highest BCUT2D eigenvalue weighted by atomic mass is 79.9. The Kier molecular flexibility index (Phi) is 3.91. The van der Waals surface area contributed by atoms with Crippen LogP contribution in [-0.4, -0.2) is 11.2 Å². The summed E-state index contributed by atoms with van der Waals surface area (Å²) < 4.78 is 1.06. The molecule has 1 N–H and O–H groups in total. The topological polar surface area (TPSA) is 37.3 Å². The van der Waals surface area contributed by atoms with Gasteiger partial charge in [0.2, 0.25) is 5.13 Å². The van der Waals surface area contributed by atoms with Crippen molar-refractivity contribution in [3.05, 3.63) is 44.9 Å². The smallest absolute Gasteiger partial charge is 0.203 e. The molecule has 0 aliphatic heterocycles. The van der Waals surface area contributed by atoms with Gasteiger partial charge in [-0.05, 0) is 31.5 Å². The first-order chi connectivity index (χ1) is 8.15. The number of hydrogen-bond donors (Lipinski definition) is 1. The molecule has 0 aliphatic rings. The van der Waals surface area contributed by atoms with Crippen LogP contribution in [0.4, 0.5) is 5.13 Å². The predicted molar refractivity (Wildman–Crippen MR) is 76.9 cm³/mol. The van der Waals surface area contributed by atoms with E-state index in [1.807, 2.05) is 31.2 Å². The molecule has 0 spiro atoms. The Labute approximate surface area is 113 Å². The van der Waals surface area contributed by atoms with Crippen molar-refractivity contribution < 1.29 is 0 Å². The lowest BCUT2D eigenvalue weighted by Crippen LogP contribution is -1.89. The summed E-state index contributed by atoms with van der Waals surface area (Å²) in [5.41, 5.74) is 5.03. The monoisotopic (exact) mass is 309 g/mol. The van der Waals surface area contributed by atoms with Gasteiger partial charge >= 0.3 is 0 Å². The van der Waals surface area contributed by atoms with E-state index in [9.17, 15) is 0 Å². The summed E-state index contributed by atoms with van der Waals surface area (Å²) in [5, 5.41) is 4.98. The fraction of sp³-hybridized carbons (Fsp3) is 0.167. The molecule has 2 aromatic rings. The highest BCUT2D eigenvalue weighted by Crippen LogP contribution is 2.20. The van der Waals surface area contributed by atoms with Gasteiger partial charge in [-0.2, -0.15) is 5.10 Å².